The minimum Gasteiger partial charge on any atom is -0.382 e. The van der Waals surface area contributed by atoms with Gasteiger partial charge < -0.3 is 16.5 Å². The molecule has 0 radical (unpaired) electrons. The number of nitrogens with zero attached hydrogens (tertiary/aromatic N) is 7. The van der Waals surface area contributed by atoms with E-state index in [4.69, 9.17) is 11.5 Å². The fourth-order valence-corrected chi connectivity index (χ4v) is 3.09. The van der Waals surface area contributed by atoms with Gasteiger partial charge >= 0.3 is 0 Å². The van der Waals surface area contributed by atoms with Crippen molar-refractivity contribution in [1.29, 1.82) is 0 Å². The molecule has 31 heavy (non-hydrogen) atoms. The van der Waals surface area contributed by atoms with E-state index in [2.05, 4.69) is 35.5 Å². The Kier molecular flexibility index (Phi) is 4.03. The van der Waals surface area contributed by atoms with Gasteiger partial charge in [-0.05, 0) is 28.6 Å². The van der Waals surface area contributed by atoms with Crippen molar-refractivity contribution in [3.63, 3.8) is 0 Å². The van der Waals surface area contributed by atoms with E-state index in [9.17, 15) is 13.2 Å². The Bertz CT molecular complexity index is 1460. The number of nitrogens with one attached hydrogen (secondary N) is 1. The molecule has 3 heterocycles. The van der Waals surface area contributed by atoms with Crippen LogP contribution in [0.25, 0.3) is 39.5 Å². The Balaban J connectivity index is 1.67. The van der Waals surface area contributed by atoms with Gasteiger partial charge in [-0.15, -0.1) is 5.10 Å². The first-order valence-corrected chi connectivity index (χ1v) is 8.73. The second kappa shape index (κ2) is 6.76. The van der Waals surface area contributed by atoms with E-state index in [0.717, 1.165) is 10.7 Å². The lowest BCUT2D eigenvalue weighted by molar-refractivity contribution is 0.501. The molecule has 0 atom stereocenters. The highest BCUT2D eigenvalue weighted by molar-refractivity contribution is 5.83. The highest BCUT2D eigenvalue weighted by atomic mass is 19.2. The first kappa shape index (κ1) is 18.5. The monoisotopic (exact) mass is 424 g/mol. The van der Waals surface area contributed by atoms with E-state index in [0.29, 0.717) is 11.0 Å². The van der Waals surface area contributed by atoms with Crippen LogP contribution in [0.15, 0.2) is 36.5 Å². The molecule has 0 aliphatic heterocycles. The van der Waals surface area contributed by atoms with Crippen molar-refractivity contribution in [2.75, 3.05) is 11.5 Å². The van der Waals surface area contributed by atoms with Crippen LogP contribution in [0.2, 0.25) is 0 Å². The Morgan fingerprint density at radius 2 is 1.84 bits per heavy atom. The first-order chi connectivity index (χ1) is 14.9. The molecule has 0 fully saturated rings. The number of anilines is 2. The molecular weight excluding hydrogens is 413 g/mol. The van der Waals surface area contributed by atoms with Crippen molar-refractivity contribution in [2.45, 2.75) is 0 Å². The summed E-state index contributed by atoms with van der Waals surface area (Å²) in [5, 5.41) is 11.0. The number of hydrogen-bond acceptors (Lipinski definition) is 8. The number of H-pyrrole nitrogens is 1. The fourth-order valence-electron chi connectivity index (χ4n) is 3.09. The molecule has 0 bridgehead atoms. The van der Waals surface area contributed by atoms with Gasteiger partial charge in [0.25, 0.3) is 0 Å². The van der Waals surface area contributed by atoms with Crippen molar-refractivity contribution in [2.24, 2.45) is 0 Å². The summed E-state index contributed by atoms with van der Waals surface area (Å²) in [7, 11) is 0. The van der Waals surface area contributed by atoms with Crippen LogP contribution < -0.4 is 11.5 Å². The molecule has 0 amide bonds. The summed E-state index contributed by atoms with van der Waals surface area (Å²) in [6.45, 7) is 0. The van der Waals surface area contributed by atoms with Crippen LogP contribution in [0.3, 0.4) is 0 Å². The van der Waals surface area contributed by atoms with Crippen LogP contribution >= 0.6 is 0 Å². The highest BCUT2D eigenvalue weighted by Crippen LogP contribution is 2.30. The molecule has 154 valence electrons. The Morgan fingerprint density at radius 1 is 1.00 bits per heavy atom. The molecule has 0 saturated carbocycles. The number of halogens is 3. The zero-order chi connectivity index (χ0) is 21.7. The number of imidazole rings is 1. The molecule has 3 aromatic heterocycles. The van der Waals surface area contributed by atoms with Crippen molar-refractivity contribution >= 4 is 22.8 Å². The fraction of sp³-hybridized carbons (Fsp3) is 0. The van der Waals surface area contributed by atoms with E-state index in [1.54, 1.807) is 0 Å². The number of hydrogen-bond donors (Lipinski definition) is 3. The predicted molar refractivity (Wildman–Crippen MR) is 104 cm³/mol. The average Bonchev–Trinajstić information content (AvgIpc) is 3.35. The van der Waals surface area contributed by atoms with Crippen LogP contribution in [0, 0.1) is 17.5 Å². The summed E-state index contributed by atoms with van der Waals surface area (Å²) in [6.07, 6.45) is 1.26. The summed E-state index contributed by atoms with van der Waals surface area (Å²) in [6, 6.07) is 6.20. The largest absolute Gasteiger partial charge is 0.382 e. The highest BCUT2D eigenvalue weighted by Gasteiger charge is 2.21. The van der Waals surface area contributed by atoms with Gasteiger partial charge in [-0.2, -0.15) is 4.68 Å². The van der Waals surface area contributed by atoms with Gasteiger partial charge in [-0.25, -0.2) is 28.1 Å². The third-order valence-corrected chi connectivity index (χ3v) is 4.51. The Morgan fingerprint density at radius 3 is 2.68 bits per heavy atom. The third kappa shape index (κ3) is 2.99. The zero-order valence-electron chi connectivity index (χ0n) is 15.4. The molecule has 5 rings (SSSR count). The van der Waals surface area contributed by atoms with E-state index in [1.165, 1.54) is 30.5 Å². The zero-order valence-corrected chi connectivity index (χ0v) is 15.4. The second-order valence-electron chi connectivity index (χ2n) is 6.45. The number of nitrogen functional groups attached to an aromatic ring is 2. The van der Waals surface area contributed by atoms with Gasteiger partial charge in [0.15, 0.2) is 29.1 Å². The minimum absolute atomic E-state index is 0.0465. The molecule has 2 aromatic carbocycles. The average molecular weight is 424 g/mol. The molecule has 10 nitrogen and oxygen atoms in total. The lowest BCUT2D eigenvalue weighted by atomic mass is 10.1. The van der Waals surface area contributed by atoms with Crippen LogP contribution in [0.1, 0.15) is 0 Å². The molecule has 0 spiro atoms. The van der Waals surface area contributed by atoms with E-state index < -0.39 is 17.5 Å². The Hall–Kier alpha value is -4.55. The SMILES string of the molecule is Nc1nc2cc(F)c(-c3cnc(N)c(-c4nnnn4-c4cccc(F)c4F)n3)cc2[nH]1. The number of rotatable bonds is 3. The van der Waals surface area contributed by atoms with E-state index in [-0.39, 0.29) is 40.2 Å². The molecular formula is C18H11F3N10. The molecule has 13 heteroatoms. The molecule has 0 unspecified atom stereocenters. The van der Waals surface area contributed by atoms with Crippen molar-refractivity contribution in [3.05, 3.63) is 54.0 Å². The van der Waals surface area contributed by atoms with Gasteiger partial charge in [0.1, 0.15) is 11.5 Å². The van der Waals surface area contributed by atoms with Crippen LogP contribution in [0.4, 0.5) is 24.9 Å². The standard InChI is InChI=1S/C18H11F3N10/c19-8-2-1-3-13(14(8)21)31-17(28-29-30-31)15-16(22)24-6-12(25-15)7-4-10-11(5-9(7)20)27-18(23)26-10/h1-6H,(H2,22,24)(H3,23,26,27). The lowest BCUT2D eigenvalue weighted by Crippen LogP contribution is -2.07. The minimum atomic E-state index is -1.16. The first-order valence-electron chi connectivity index (χ1n) is 8.73. The number of fused-ring (bicyclic) bond motifs is 1. The van der Waals surface area contributed by atoms with Gasteiger partial charge in [-0.3, -0.25) is 0 Å². The quantitative estimate of drug-likeness (QED) is 0.399. The number of nitrogens with two attached hydrogens (primary N) is 2. The molecule has 0 aliphatic carbocycles. The molecule has 5 aromatic rings. The summed E-state index contributed by atoms with van der Waals surface area (Å²) in [5.41, 5.74) is 12.3. The topological polar surface area (TPSA) is 150 Å². The maximum Gasteiger partial charge on any atom is 0.209 e. The summed E-state index contributed by atoms with van der Waals surface area (Å²) < 4.78 is 43.6. The van der Waals surface area contributed by atoms with Crippen LogP contribution in [-0.2, 0) is 0 Å². The van der Waals surface area contributed by atoms with Gasteiger partial charge in [0.05, 0.1) is 22.9 Å². The maximum atomic E-state index is 14.7. The molecule has 0 saturated heterocycles. The predicted octanol–water partition coefficient (Wildman–Crippen LogP) is 2.24. The smallest absolute Gasteiger partial charge is 0.209 e. The molecule has 5 N–H and O–H groups in total. The number of aromatic amines is 1. The van der Waals surface area contributed by atoms with E-state index >= 15 is 0 Å². The third-order valence-electron chi connectivity index (χ3n) is 4.51. The number of benzene rings is 2. The Labute approximate surface area is 170 Å². The van der Waals surface area contributed by atoms with Crippen molar-refractivity contribution < 1.29 is 13.2 Å². The van der Waals surface area contributed by atoms with Crippen LogP contribution in [0.5, 0.6) is 0 Å². The lowest BCUT2D eigenvalue weighted by Gasteiger charge is -2.09. The summed E-state index contributed by atoms with van der Waals surface area (Å²) in [4.78, 5) is 15.1. The number of aromatic nitrogens is 8. The van der Waals surface area contributed by atoms with Gasteiger partial charge in [0.2, 0.25) is 5.82 Å². The molecule has 0 aliphatic rings. The normalized spacial score (nSPS) is 11.3. The number of tetrazole rings is 1. The summed E-state index contributed by atoms with van der Waals surface area (Å²) >= 11 is 0. The second-order valence-corrected chi connectivity index (χ2v) is 6.45. The van der Waals surface area contributed by atoms with Gasteiger partial charge in [0, 0.05) is 11.6 Å². The van der Waals surface area contributed by atoms with Crippen molar-refractivity contribution in [3.8, 4) is 28.5 Å². The van der Waals surface area contributed by atoms with Gasteiger partial charge in [-0.1, -0.05) is 6.07 Å². The van der Waals surface area contributed by atoms with Crippen LogP contribution in [-0.4, -0.2) is 40.1 Å². The summed E-state index contributed by atoms with van der Waals surface area (Å²) in [5.74, 6) is -2.94. The maximum absolute atomic E-state index is 14.7. The van der Waals surface area contributed by atoms with E-state index in [1.807, 2.05) is 0 Å². The van der Waals surface area contributed by atoms with Crippen molar-refractivity contribution in [1.82, 2.24) is 40.1 Å².